The van der Waals surface area contributed by atoms with Crippen LogP contribution >= 0.6 is 24.0 Å². The molecule has 5 nitrogen and oxygen atoms in total. The number of anilines is 1. The van der Waals surface area contributed by atoms with Gasteiger partial charge >= 0.3 is 5.97 Å². The predicted molar refractivity (Wildman–Crippen MR) is 89.0 cm³/mol. The zero-order valence-electron chi connectivity index (χ0n) is 12.0. The Morgan fingerprint density at radius 1 is 1.38 bits per heavy atom. The summed E-state index contributed by atoms with van der Waals surface area (Å²) in [5, 5.41) is 3.62. The second kappa shape index (κ2) is 7.51. The summed E-state index contributed by atoms with van der Waals surface area (Å²) in [5.41, 5.74) is 0.897. The summed E-state index contributed by atoms with van der Waals surface area (Å²) >= 11 is 7.02. The molecule has 1 aromatic rings. The van der Waals surface area contributed by atoms with Crippen LogP contribution in [0.15, 0.2) is 24.3 Å². The van der Waals surface area contributed by atoms with Crippen LogP contribution in [0, 0.1) is 0 Å². The molecule has 0 bridgehead atoms. The quantitative estimate of drug-likeness (QED) is 0.673. The van der Waals surface area contributed by atoms with Crippen LogP contribution in [0.2, 0.25) is 0 Å². The Kier molecular flexibility index (Phi) is 5.69. The molecule has 0 aliphatic carbocycles. The van der Waals surface area contributed by atoms with Gasteiger partial charge in [-0.2, -0.15) is 0 Å². The van der Waals surface area contributed by atoms with Gasteiger partial charge in [0.05, 0.1) is 14.2 Å². The highest BCUT2D eigenvalue weighted by Crippen LogP contribution is 2.21. The van der Waals surface area contributed by atoms with Crippen LogP contribution in [0.1, 0.15) is 0 Å². The van der Waals surface area contributed by atoms with E-state index in [0.717, 1.165) is 23.7 Å². The van der Waals surface area contributed by atoms with Crippen molar-refractivity contribution in [3.63, 3.8) is 0 Å². The summed E-state index contributed by atoms with van der Waals surface area (Å²) in [5.74, 6) is 1.45. The number of thiocarbonyl (C=S) groups is 1. The molecule has 1 N–H and O–H groups in total. The third kappa shape index (κ3) is 4.25. The maximum absolute atomic E-state index is 11.6. The maximum Gasteiger partial charge on any atom is 0.320 e. The first-order valence-electron chi connectivity index (χ1n) is 6.53. The van der Waals surface area contributed by atoms with Crippen molar-refractivity contribution in [1.82, 2.24) is 4.90 Å². The monoisotopic (exact) mass is 326 g/mol. The van der Waals surface area contributed by atoms with Crippen molar-refractivity contribution < 1.29 is 14.3 Å². The molecule has 1 aliphatic rings. The van der Waals surface area contributed by atoms with Crippen LogP contribution in [-0.2, 0) is 9.53 Å². The molecular formula is C14H18N2O3S2. The molecule has 0 amide bonds. The summed E-state index contributed by atoms with van der Waals surface area (Å²) < 4.78 is 9.92. The number of benzene rings is 1. The summed E-state index contributed by atoms with van der Waals surface area (Å²) in [4.78, 5) is 13.6. The standard InChI is InChI=1S/C14H18N2O3S2/c1-18-11-5-3-10(4-6-11)15-14(20)16-7-8-21-12(9-16)13(17)19-2/h3-6,12H,7-9H2,1-2H3,(H,15,20)/t12-/m1/s1. The number of nitrogens with zero attached hydrogens (tertiary/aromatic N) is 1. The summed E-state index contributed by atoms with van der Waals surface area (Å²) in [6.07, 6.45) is 0. The zero-order valence-corrected chi connectivity index (χ0v) is 13.6. The average Bonchev–Trinajstić information content (AvgIpc) is 2.55. The van der Waals surface area contributed by atoms with E-state index in [1.807, 2.05) is 29.2 Å². The Labute approximate surface area is 134 Å². The molecule has 0 saturated carbocycles. The van der Waals surface area contributed by atoms with Crippen LogP contribution in [0.3, 0.4) is 0 Å². The first-order chi connectivity index (χ1) is 10.1. The van der Waals surface area contributed by atoms with Gasteiger partial charge in [0.1, 0.15) is 11.0 Å². The Morgan fingerprint density at radius 2 is 2.10 bits per heavy atom. The number of thioether (sulfide) groups is 1. The molecule has 0 aromatic heterocycles. The smallest absolute Gasteiger partial charge is 0.320 e. The van der Waals surface area contributed by atoms with Gasteiger partial charge in [-0.3, -0.25) is 4.79 Å². The number of carbonyl (C=O) groups excluding carboxylic acids is 1. The highest BCUT2D eigenvalue weighted by molar-refractivity contribution is 8.00. The fourth-order valence-corrected chi connectivity index (χ4v) is 3.40. The largest absolute Gasteiger partial charge is 0.497 e. The molecule has 1 saturated heterocycles. The molecule has 1 aromatic carbocycles. The number of hydrogen-bond acceptors (Lipinski definition) is 5. The van der Waals surface area contributed by atoms with Gasteiger partial charge in [0, 0.05) is 24.5 Å². The van der Waals surface area contributed by atoms with Gasteiger partial charge < -0.3 is 19.7 Å². The highest BCUT2D eigenvalue weighted by atomic mass is 32.2. The SMILES string of the molecule is COC(=O)[C@H]1CN(C(=S)Nc2ccc(OC)cc2)CCS1. The Hall–Kier alpha value is -1.47. The predicted octanol–water partition coefficient (Wildman–Crippen LogP) is 1.98. The van der Waals surface area contributed by atoms with Crippen LogP contribution in [0.4, 0.5) is 5.69 Å². The molecule has 7 heteroatoms. The molecule has 1 heterocycles. The molecule has 0 radical (unpaired) electrons. The van der Waals surface area contributed by atoms with E-state index in [9.17, 15) is 4.79 Å². The summed E-state index contributed by atoms with van der Waals surface area (Å²) in [7, 11) is 3.04. The molecule has 2 rings (SSSR count). The molecular weight excluding hydrogens is 308 g/mol. The third-order valence-corrected chi connectivity index (χ3v) is 4.68. The lowest BCUT2D eigenvalue weighted by molar-refractivity contribution is -0.140. The minimum Gasteiger partial charge on any atom is -0.497 e. The Bertz CT molecular complexity index is 507. The fraction of sp³-hybridized carbons (Fsp3) is 0.429. The lowest BCUT2D eigenvalue weighted by atomic mass is 10.3. The highest BCUT2D eigenvalue weighted by Gasteiger charge is 2.28. The number of ether oxygens (including phenoxy) is 2. The summed E-state index contributed by atoms with van der Waals surface area (Å²) in [6, 6.07) is 7.55. The first kappa shape index (κ1) is 15.9. The van der Waals surface area contributed by atoms with Gasteiger partial charge in [-0.15, -0.1) is 11.8 Å². The van der Waals surface area contributed by atoms with Gasteiger partial charge in [0.15, 0.2) is 5.11 Å². The number of nitrogens with one attached hydrogen (secondary N) is 1. The number of carbonyl (C=O) groups is 1. The lowest BCUT2D eigenvalue weighted by Gasteiger charge is -2.33. The molecule has 114 valence electrons. The molecule has 21 heavy (non-hydrogen) atoms. The van der Waals surface area contributed by atoms with Crippen molar-refractivity contribution in [1.29, 1.82) is 0 Å². The van der Waals surface area contributed by atoms with Crippen molar-refractivity contribution in [2.75, 3.05) is 38.4 Å². The van der Waals surface area contributed by atoms with Gasteiger partial charge in [0.25, 0.3) is 0 Å². The van der Waals surface area contributed by atoms with Crippen LogP contribution < -0.4 is 10.1 Å². The summed E-state index contributed by atoms with van der Waals surface area (Å²) in [6.45, 7) is 1.39. The molecule has 0 unspecified atom stereocenters. The Morgan fingerprint density at radius 3 is 2.71 bits per heavy atom. The van der Waals surface area contributed by atoms with Crippen LogP contribution in [0.5, 0.6) is 5.75 Å². The van der Waals surface area contributed by atoms with Crippen molar-refractivity contribution >= 4 is 40.7 Å². The van der Waals surface area contributed by atoms with E-state index >= 15 is 0 Å². The van der Waals surface area contributed by atoms with E-state index in [0.29, 0.717) is 11.7 Å². The second-order valence-corrected chi connectivity index (χ2v) is 6.18. The number of methoxy groups -OCH3 is 2. The maximum atomic E-state index is 11.6. The minimum atomic E-state index is -0.197. The van der Waals surface area contributed by atoms with E-state index in [4.69, 9.17) is 21.7 Å². The topological polar surface area (TPSA) is 50.8 Å². The van der Waals surface area contributed by atoms with Gasteiger partial charge in [-0.25, -0.2) is 0 Å². The van der Waals surface area contributed by atoms with E-state index in [-0.39, 0.29) is 11.2 Å². The normalized spacial score (nSPS) is 18.0. The molecule has 1 aliphatic heterocycles. The first-order valence-corrected chi connectivity index (χ1v) is 7.99. The van der Waals surface area contributed by atoms with Gasteiger partial charge in [-0.1, -0.05) is 0 Å². The Balaban J connectivity index is 1.94. The number of esters is 1. The van der Waals surface area contributed by atoms with E-state index < -0.39 is 0 Å². The van der Waals surface area contributed by atoms with Crippen molar-refractivity contribution in [2.24, 2.45) is 0 Å². The van der Waals surface area contributed by atoms with Crippen molar-refractivity contribution in [3.8, 4) is 5.75 Å². The average molecular weight is 326 g/mol. The van der Waals surface area contributed by atoms with Crippen LogP contribution in [-0.4, -0.2) is 54.3 Å². The van der Waals surface area contributed by atoms with Gasteiger partial charge in [0.2, 0.25) is 0 Å². The van der Waals surface area contributed by atoms with E-state index in [2.05, 4.69) is 5.32 Å². The molecule has 0 spiro atoms. The van der Waals surface area contributed by atoms with Crippen molar-refractivity contribution in [2.45, 2.75) is 5.25 Å². The van der Waals surface area contributed by atoms with Crippen LogP contribution in [0.25, 0.3) is 0 Å². The lowest BCUT2D eigenvalue weighted by Crippen LogP contribution is -2.46. The molecule has 1 atom stereocenters. The van der Waals surface area contributed by atoms with E-state index in [1.165, 1.54) is 7.11 Å². The third-order valence-electron chi connectivity index (χ3n) is 3.16. The van der Waals surface area contributed by atoms with Gasteiger partial charge in [-0.05, 0) is 36.5 Å². The van der Waals surface area contributed by atoms with E-state index in [1.54, 1.807) is 18.9 Å². The number of hydrogen-bond donors (Lipinski definition) is 1. The van der Waals surface area contributed by atoms with Crippen molar-refractivity contribution in [3.05, 3.63) is 24.3 Å². The second-order valence-electron chi connectivity index (χ2n) is 4.49. The zero-order chi connectivity index (χ0) is 15.2. The number of rotatable bonds is 3. The minimum absolute atomic E-state index is 0.181. The molecule has 1 fully saturated rings. The fourth-order valence-electron chi connectivity index (χ4n) is 1.98.